The van der Waals surface area contributed by atoms with Gasteiger partial charge in [-0.05, 0) is 31.9 Å². The molecule has 2 N–H and O–H groups in total. The number of halogens is 1. The first kappa shape index (κ1) is 15.4. The lowest BCUT2D eigenvalue weighted by molar-refractivity contribution is 0.226. The zero-order valence-corrected chi connectivity index (χ0v) is 12.9. The highest BCUT2D eigenvalue weighted by molar-refractivity contribution is 7.80. The van der Waals surface area contributed by atoms with E-state index in [4.69, 9.17) is 18.0 Å². The smallest absolute Gasteiger partial charge is 0.137 e. The molecule has 1 aromatic carbocycles. The van der Waals surface area contributed by atoms with Crippen molar-refractivity contribution in [2.24, 2.45) is 11.7 Å². The Bertz CT molecular complexity index is 470. The van der Waals surface area contributed by atoms with Gasteiger partial charge in [0.05, 0.1) is 0 Å². The van der Waals surface area contributed by atoms with E-state index >= 15 is 0 Å². The molecule has 0 aliphatic heterocycles. The molecule has 0 amide bonds. The molecular formula is C16H23FN2S. The molecule has 110 valence electrons. The van der Waals surface area contributed by atoms with Crippen molar-refractivity contribution in [2.45, 2.75) is 38.6 Å². The lowest BCUT2D eigenvalue weighted by Gasteiger charge is -2.27. The first-order valence-corrected chi connectivity index (χ1v) is 7.74. The molecule has 1 aliphatic rings. The molecule has 0 atom stereocenters. The third-order valence-electron chi connectivity index (χ3n) is 4.08. The molecule has 1 saturated carbocycles. The maximum Gasteiger partial charge on any atom is 0.137 e. The maximum atomic E-state index is 14.3. The zero-order valence-electron chi connectivity index (χ0n) is 12.1. The normalized spacial score (nSPS) is 16.6. The van der Waals surface area contributed by atoms with Gasteiger partial charge in [0.2, 0.25) is 0 Å². The minimum atomic E-state index is -0.268. The number of rotatable bonds is 5. The third-order valence-corrected chi connectivity index (χ3v) is 4.30. The SMILES string of the molecule is CN(Cc1cccc(C(N)=S)c1F)CC1CCCCC1. The van der Waals surface area contributed by atoms with E-state index in [0.29, 0.717) is 17.7 Å². The third kappa shape index (κ3) is 4.00. The molecule has 0 saturated heterocycles. The Morgan fingerprint density at radius 3 is 2.70 bits per heavy atom. The average molecular weight is 294 g/mol. The quantitative estimate of drug-likeness (QED) is 0.843. The van der Waals surface area contributed by atoms with Gasteiger partial charge in [-0.2, -0.15) is 0 Å². The van der Waals surface area contributed by atoms with Gasteiger partial charge in [0, 0.05) is 24.2 Å². The van der Waals surface area contributed by atoms with Gasteiger partial charge in [-0.1, -0.05) is 43.6 Å². The molecular weight excluding hydrogens is 271 g/mol. The van der Waals surface area contributed by atoms with E-state index in [1.807, 2.05) is 12.1 Å². The van der Waals surface area contributed by atoms with Crippen molar-refractivity contribution in [3.8, 4) is 0 Å². The van der Waals surface area contributed by atoms with Crippen LogP contribution in [0, 0.1) is 11.7 Å². The zero-order chi connectivity index (χ0) is 14.5. The topological polar surface area (TPSA) is 29.3 Å². The van der Waals surface area contributed by atoms with Crippen LogP contribution in [0.5, 0.6) is 0 Å². The Balaban J connectivity index is 1.98. The van der Waals surface area contributed by atoms with Gasteiger partial charge < -0.3 is 10.6 Å². The summed E-state index contributed by atoms with van der Waals surface area (Å²) in [5.41, 5.74) is 6.57. The predicted molar refractivity (Wildman–Crippen MR) is 85.2 cm³/mol. The van der Waals surface area contributed by atoms with E-state index < -0.39 is 0 Å². The van der Waals surface area contributed by atoms with Gasteiger partial charge in [0.25, 0.3) is 0 Å². The van der Waals surface area contributed by atoms with Crippen LogP contribution in [0.2, 0.25) is 0 Å². The molecule has 0 unspecified atom stereocenters. The Morgan fingerprint density at radius 2 is 2.05 bits per heavy atom. The Kier molecular flexibility index (Phi) is 5.49. The number of nitrogens with zero attached hydrogens (tertiary/aromatic N) is 1. The van der Waals surface area contributed by atoms with Crippen molar-refractivity contribution in [3.63, 3.8) is 0 Å². The van der Waals surface area contributed by atoms with Crippen LogP contribution in [0.4, 0.5) is 4.39 Å². The number of benzene rings is 1. The molecule has 4 heteroatoms. The number of thiocarbonyl (C=S) groups is 1. The van der Waals surface area contributed by atoms with Gasteiger partial charge in [0.15, 0.2) is 0 Å². The summed E-state index contributed by atoms with van der Waals surface area (Å²) >= 11 is 4.88. The fourth-order valence-corrected chi connectivity index (χ4v) is 3.22. The molecule has 0 heterocycles. The second-order valence-corrected chi connectivity index (χ2v) is 6.28. The molecule has 20 heavy (non-hydrogen) atoms. The van der Waals surface area contributed by atoms with Crippen LogP contribution >= 0.6 is 12.2 Å². The first-order chi connectivity index (χ1) is 9.58. The summed E-state index contributed by atoms with van der Waals surface area (Å²) in [7, 11) is 2.06. The molecule has 1 fully saturated rings. The molecule has 1 aromatic rings. The summed E-state index contributed by atoms with van der Waals surface area (Å²) in [6.45, 7) is 1.65. The van der Waals surface area contributed by atoms with Crippen LogP contribution in [0.3, 0.4) is 0 Å². The van der Waals surface area contributed by atoms with Gasteiger partial charge in [-0.25, -0.2) is 4.39 Å². The highest BCUT2D eigenvalue weighted by atomic mass is 32.1. The van der Waals surface area contributed by atoms with Crippen molar-refractivity contribution in [1.82, 2.24) is 4.90 Å². The van der Waals surface area contributed by atoms with Gasteiger partial charge in [-0.15, -0.1) is 0 Å². The van der Waals surface area contributed by atoms with E-state index in [-0.39, 0.29) is 10.8 Å². The minimum absolute atomic E-state index is 0.124. The standard InChI is InChI=1S/C16H23FN2S/c1-19(10-12-6-3-2-4-7-12)11-13-8-5-9-14(15(13)17)16(18)20/h5,8-9,12H,2-4,6-7,10-11H2,1H3,(H2,18,20). The maximum absolute atomic E-state index is 14.3. The second kappa shape index (κ2) is 7.14. The highest BCUT2D eigenvalue weighted by Crippen LogP contribution is 2.25. The van der Waals surface area contributed by atoms with Gasteiger partial charge in [0.1, 0.15) is 10.8 Å². The molecule has 0 radical (unpaired) electrons. The lowest BCUT2D eigenvalue weighted by Crippen LogP contribution is -2.27. The van der Waals surface area contributed by atoms with E-state index in [1.165, 1.54) is 32.1 Å². The number of hydrogen-bond acceptors (Lipinski definition) is 2. The molecule has 0 spiro atoms. The van der Waals surface area contributed by atoms with Crippen LogP contribution in [-0.2, 0) is 6.54 Å². The van der Waals surface area contributed by atoms with Crippen LogP contribution in [0.15, 0.2) is 18.2 Å². The summed E-state index contributed by atoms with van der Waals surface area (Å²) in [5, 5.41) is 0. The van der Waals surface area contributed by atoms with E-state index in [9.17, 15) is 4.39 Å². The molecule has 1 aliphatic carbocycles. The number of hydrogen-bond donors (Lipinski definition) is 1. The molecule has 2 nitrogen and oxygen atoms in total. The minimum Gasteiger partial charge on any atom is -0.389 e. The monoisotopic (exact) mass is 294 g/mol. The van der Waals surface area contributed by atoms with Crippen LogP contribution in [0.25, 0.3) is 0 Å². The Hall–Kier alpha value is -1.00. The van der Waals surface area contributed by atoms with Crippen LogP contribution in [0.1, 0.15) is 43.2 Å². The van der Waals surface area contributed by atoms with Crippen molar-refractivity contribution in [1.29, 1.82) is 0 Å². The van der Waals surface area contributed by atoms with Crippen LogP contribution < -0.4 is 5.73 Å². The van der Waals surface area contributed by atoms with Crippen LogP contribution in [-0.4, -0.2) is 23.5 Å². The molecule has 0 bridgehead atoms. The second-order valence-electron chi connectivity index (χ2n) is 5.84. The van der Waals surface area contributed by atoms with E-state index in [2.05, 4.69) is 11.9 Å². The Morgan fingerprint density at radius 1 is 1.35 bits per heavy atom. The van der Waals surface area contributed by atoms with Gasteiger partial charge >= 0.3 is 0 Å². The molecule has 0 aromatic heterocycles. The summed E-state index contributed by atoms with van der Waals surface area (Å²) in [4.78, 5) is 2.33. The Labute approximate surface area is 126 Å². The van der Waals surface area contributed by atoms with E-state index in [1.54, 1.807) is 6.07 Å². The molecule has 2 rings (SSSR count). The first-order valence-electron chi connectivity index (χ1n) is 7.33. The van der Waals surface area contributed by atoms with Crippen molar-refractivity contribution < 1.29 is 4.39 Å². The van der Waals surface area contributed by atoms with Crippen molar-refractivity contribution in [2.75, 3.05) is 13.6 Å². The summed E-state index contributed by atoms with van der Waals surface area (Å²) in [5.74, 6) is 0.492. The van der Waals surface area contributed by atoms with Crippen molar-refractivity contribution >= 4 is 17.2 Å². The van der Waals surface area contributed by atoms with E-state index in [0.717, 1.165) is 12.5 Å². The number of nitrogens with two attached hydrogens (primary N) is 1. The van der Waals surface area contributed by atoms with Crippen molar-refractivity contribution in [3.05, 3.63) is 35.1 Å². The summed E-state index contributed by atoms with van der Waals surface area (Å²) in [6.07, 6.45) is 6.65. The predicted octanol–water partition coefficient (Wildman–Crippen LogP) is 3.47. The van der Waals surface area contributed by atoms with Gasteiger partial charge in [-0.3, -0.25) is 0 Å². The fourth-order valence-electron chi connectivity index (χ4n) is 3.06. The summed E-state index contributed by atoms with van der Waals surface area (Å²) in [6, 6.07) is 5.28. The summed E-state index contributed by atoms with van der Waals surface area (Å²) < 4.78 is 14.3. The lowest BCUT2D eigenvalue weighted by atomic mass is 9.89. The fraction of sp³-hybridized carbons (Fsp3) is 0.562. The average Bonchev–Trinajstić information content (AvgIpc) is 2.42. The highest BCUT2D eigenvalue weighted by Gasteiger charge is 2.17. The largest absolute Gasteiger partial charge is 0.389 e.